The van der Waals surface area contributed by atoms with Crippen molar-refractivity contribution in [2.45, 2.75) is 108 Å². The Bertz CT molecular complexity index is 1770. The van der Waals surface area contributed by atoms with Gasteiger partial charge in [0.25, 0.3) is 0 Å². The molecule has 1 aromatic heterocycles. The number of fused-ring (bicyclic) bond motifs is 3. The molecule has 0 spiro atoms. The molecule has 0 fully saturated rings. The predicted molar refractivity (Wildman–Crippen MR) is 192 cm³/mol. The van der Waals surface area contributed by atoms with Gasteiger partial charge < -0.3 is 5.11 Å². The Balaban J connectivity index is 0.000000384. The van der Waals surface area contributed by atoms with Crippen molar-refractivity contribution in [2.75, 3.05) is 0 Å². The summed E-state index contributed by atoms with van der Waals surface area (Å²) in [6.45, 7) is 20.6. The van der Waals surface area contributed by atoms with Gasteiger partial charge in [-0.25, -0.2) is 4.98 Å². The van der Waals surface area contributed by atoms with E-state index in [1.54, 1.807) is 0 Å². The van der Waals surface area contributed by atoms with Crippen LogP contribution in [0.25, 0.3) is 32.9 Å². The summed E-state index contributed by atoms with van der Waals surface area (Å²) in [6.07, 6.45) is 4.75. The Morgan fingerprint density at radius 2 is 1.58 bits per heavy atom. The van der Waals surface area contributed by atoms with Crippen LogP contribution in [0.2, 0.25) is 19.6 Å². The largest absolute Gasteiger partial charge is 0.512 e. The maximum absolute atomic E-state index is 12.2. The van der Waals surface area contributed by atoms with Crippen LogP contribution in [-0.2, 0) is 24.9 Å². The van der Waals surface area contributed by atoms with Crippen LogP contribution in [0.1, 0.15) is 88.3 Å². The van der Waals surface area contributed by atoms with Gasteiger partial charge in [0.15, 0.2) is 5.78 Å². The van der Waals surface area contributed by atoms with E-state index in [4.69, 9.17) is 4.11 Å². The Morgan fingerprint density at radius 3 is 2.11 bits per heavy atom. The van der Waals surface area contributed by atoms with Crippen LogP contribution >= 0.6 is 0 Å². The number of benzene rings is 3. The number of carbonyl (C=O) groups is 1. The first-order valence-corrected chi connectivity index (χ1v) is 19.5. The van der Waals surface area contributed by atoms with Crippen LogP contribution in [0, 0.1) is 37.6 Å². The fraction of sp³-hybridized carbons (Fsp3) is 0.462. The second kappa shape index (κ2) is 15.3. The van der Waals surface area contributed by atoms with Gasteiger partial charge in [-0.15, -0.1) is 34.9 Å². The minimum absolute atomic E-state index is 0. The molecular formula is C39H53IrN2O2Si-. The zero-order chi connectivity index (χ0) is 35.5. The Labute approximate surface area is 290 Å². The number of aliphatic hydroxyl groups is 1. The third kappa shape index (κ3) is 8.58. The molecule has 0 saturated heterocycles. The average Bonchev–Trinajstić information content (AvgIpc) is 3.01. The Morgan fingerprint density at radius 1 is 0.956 bits per heavy atom. The topological polar surface area (TPSA) is 63.1 Å². The van der Waals surface area contributed by atoms with E-state index in [1.165, 1.54) is 11.3 Å². The maximum atomic E-state index is 12.2. The van der Waals surface area contributed by atoms with Crippen LogP contribution in [0.3, 0.4) is 0 Å². The second-order valence-electron chi connectivity index (χ2n) is 13.7. The van der Waals surface area contributed by atoms with E-state index in [2.05, 4.69) is 66.0 Å². The number of ketones is 1. The van der Waals surface area contributed by atoms with Gasteiger partial charge in [-0.1, -0.05) is 111 Å². The van der Waals surface area contributed by atoms with Gasteiger partial charge in [0.05, 0.1) is 13.6 Å². The van der Waals surface area contributed by atoms with E-state index in [9.17, 15) is 9.90 Å². The molecule has 4 nitrogen and oxygen atoms in total. The molecule has 4 aromatic rings. The molecule has 1 radical (unpaired) electrons. The van der Waals surface area contributed by atoms with Gasteiger partial charge >= 0.3 is 0 Å². The monoisotopic (exact) mass is 805 g/mol. The molecule has 0 saturated carbocycles. The summed E-state index contributed by atoms with van der Waals surface area (Å²) in [4.78, 5) is 21.3. The summed E-state index contributed by atoms with van der Waals surface area (Å²) in [5, 5.41) is 14.4. The molecule has 3 aromatic carbocycles. The molecule has 0 bridgehead atoms. The van der Waals surface area contributed by atoms with Gasteiger partial charge in [-0.3, -0.25) is 9.78 Å². The van der Waals surface area contributed by atoms with Crippen LogP contribution in [0.4, 0.5) is 0 Å². The minimum atomic E-state index is -2.39. The van der Waals surface area contributed by atoms with E-state index in [0.717, 1.165) is 58.5 Å². The predicted octanol–water partition coefficient (Wildman–Crippen LogP) is 10.4. The van der Waals surface area contributed by atoms with Crippen LogP contribution in [-0.4, -0.2) is 28.9 Å². The number of nitrogens with zero attached hydrogens (tertiary/aromatic N) is 2. The standard InChI is InChI=1S/C24H25N2Si.C15H28O2.Ir/c1-15-12-16(2)14-19(13-15)23-20-11-10-18-8-7-9-21(27(4,5)6)22(18)24(20)26-17(3)25-23;1-7-14(5,8-2)12(16)11-13(17)15(6,9-3)10-4;/h7-13H,1-6H3;11,16H,7-10H2,1-6H3;/q-1;;/b;12-11-;/i3D3;;. The van der Waals surface area contributed by atoms with Gasteiger partial charge in [-0.05, 0) is 49.0 Å². The van der Waals surface area contributed by atoms with Crippen molar-refractivity contribution in [1.29, 1.82) is 0 Å². The summed E-state index contributed by atoms with van der Waals surface area (Å²) in [7, 11) is -1.70. The summed E-state index contributed by atoms with van der Waals surface area (Å²) >= 11 is 0. The normalized spacial score (nSPS) is 13.8. The molecule has 0 aliphatic heterocycles. The minimum Gasteiger partial charge on any atom is -0.512 e. The smallest absolute Gasteiger partial charge is 0.164 e. The van der Waals surface area contributed by atoms with Crippen molar-refractivity contribution < 1.29 is 34.1 Å². The second-order valence-corrected chi connectivity index (χ2v) is 18.7. The van der Waals surface area contributed by atoms with Crippen molar-refractivity contribution in [1.82, 2.24) is 9.97 Å². The molecule has 1 heterocycles. The summed E-state index contributed by atoms with van der Waals surface area (Å²) in [6, 6.07) is 17.8. The number of hydrogen-bond donors (Lipinski definition) is 1. The van der Waals surface area contributed by atoms with Crippen LogP contribution in [0.15, 0.2) is 54.3 Å². The van der Waals surface area contributed by atoms with E-state index in [0.29, 0.717) is 11.2 Å². The summed E-state index contributed by atoms with van der Waals surface area (Å²) in [5.41, 5.74) is 3.63. The summed E-state index contributed by atoms with van der Waals surface area (Å²) in [5.74, 6) is 0.171. The Kier molecular flexibility index (Phi) is 11.4. The molecule has 45 heavy (non-hydrogen) atoms. The van der Waals surface area contributed by atoms with Crippen molar-refractivity contribution in [3.05, 3.63) is 77.3 Å². The maximum Gasteiger partial charge on any atom is 0.164 e. The fourth-order valence-corrected chi connectivity index (χ4v) is 7.11. The van der Waals surface area contributed by atoms with E-state index in [-0.39, 0.29) is 48.3 Å². The van der Waals surface area contributed by atoms with Gasteiger partial charge in [0.2, 0.25) is 0 Å². The summed E-state index contributed by atoms with van der Waals surface area (Å²) < 4.78 is 23.9. The van der Waals surface area contributed by atoms with Crippen LogP contribution in [0.5, 0.6) is 0 Å². The molecule has 0 aliphatic carbocycles. The van der Waals surface area contributed by atoms with Gasteiger partial charge in [0, 0.05) is 46.5 Å². The SMILES string of the molecule is CCC(C)(CC)C(=O)/C=C(\O)C(C)(CC)CC.[2H]C([2H])([2H])c1nc(-c2[c-]c(C)cc(C)c2)c2ccc3cccc([Si](C)(C)C)c3c2n1.[Ir]. The van der Waals surface area contributed by atoms with Crippen LogP contribution < -0.4 is 5.19 Å². The molecule has 4 rings (SSSR count). The molecule has 6 heteroatoms. The molecule has 0 amide bonds. The number of aryl methyl sites for hydroxylation is 3. The molecule has 0 atom stereocenters. The molecule has 245 valence electrons. The fourth-order valence-electron chi connectivity index (χ4n) is 5.50. The number of aliphatic hydroxyl groups excluding tert-OH is 1. The average molecular weight is 805 g/mol. The first-order chi connectivity index (χ1) is 21.7. The number of rotatable bonds is 9. The zero-order valence-corrected chi connectivity index (χ0v) is 32.4. The number of carbonyl (C=O) groups excluding carboxylic acids is 1. The molecule has 0 unspecified atom stereocenters. The third-order valence-corrected chi connectivity index (χ3v) is 11.6. The van der Waals surface area contributed by atoms with E-state index < -0.39 is 14.9 Å². The molecular weight excluding hydrogens is 749 g/mol. The first-order valence-electron chi connectivity index (χ1n) is 17.5. The molecule has 1 N–H and O–H groups in total. The quantitative estimate of drug-likeness (QED) is 0.0602. The van der Waals surface area contributed by atoms with Gasteiger partial charge in [-0.2, -0.15) is 0 Å². The number of aromatic nitrogens is 2. The number of hydrogen-bond acceptors (Lipinski definition) is 4. The number of allylic oxidation sites excluding steroid dienone is 2. The van der Waals surface area contributed by atoms with E-state index >= 15 is 0 Å². The van der Waals surface area contributed by atoms with E-state index in [1.807, 2.05) is 67.5 Å². The molecule has 0 aliphatic rings. The Hall–Kier alpha value is -2.66. The zero-order valence-electron chi connectivity index (χ0n) is 32.0. The van der Waals surface area contributed by atoms with Crippen molar-refractivity contribution >= 4 is 40.7 Å². The van der Waals surface area contributed by atoms with Gasteiger partial charge in [0.1, 0.15) is 11.6 Å². The third-order valence-electron chi connectivity index (χ3n) is 9.52. The first kappa shape index (κ1) is 33.7. The van der Waals surface area contributed by atoms with Crippen molar-refractivity contribution in [3.8, 4) is 11.3 Å². The van der Waals surface area contributed by atoms with Crippen molar-refractivity contribution in [3.63, 3.8) is 0 Å². The van der Waals surface area contributed by atoms with Crippen molar-refractivity contribution in [2.24, 2.45) is 10.8 Å².